The molecule has 1 aliphatic carbocycles. The van der Waals surface area contributed by atoms with Crippen molar-refractivity contribution < 1.29 is 17.9 Å². The van der Waals surface area contributed by atoms with E-state index in [2.05, 4.69) is 17.4 Å². The Balaban J connectivity index is 1.97. The van der Waals surface area contributed by atoms with Crippen LogP contribution in [0, 0.1) is 0 Å². The second-order valence-corrected chi connectivity index (χ2v) is 4.85. The predicted molar refractivity (Wildman–Crippen MR) is 67.1 cm³/mol. The third-order valence-electron chi connectivity index (χ3n) is 3.42. The van der Waals surface area contributed by atoms with Crippen molar-refractivity contribution in [1.29, 1.82) is 0 Å². The van der Waals surface area contributed by atoms with Crippen LogP contribution in [0.5, 0.6) is 0 Å². The van der Waals surface area contributed by atoms with Gasteiger partial charge in [0.1, 0.15) is 6.61 Å². The first-order chi connectivity index (χ1) is 8.99. The molecule has 0 aliphatic heterocycles. The highest BCUT2D eigenvalue weighted by Gasteiger charge is 2.28. The zero-order valence-electron chi connectivity index (χ0n) is 10.9. The summed E-state index contributed by atoms with van der Waals surface area (Å²) in [5.74, 6) is 0. The van der Waals surface area contributed by atoms with Crippen molar-refractivity contribution >= 4 is 0 Å². The van der Waals surface area contributed by atoms with Gasteiger partial charge in [-0.15, -0.1) is 0 Å². The highest BCUT2D eigenvalue weighted by molar-refractivity contribution is 5.36. The van der Waals surface area contributed by atoms with Gasteiger partial charge in [0.25, 0.3) is 0 Å². The number of aryl methyl sites for hydroxylation is 2. The fraction of sp³-hybridized carbons (Fsp3) is 0.571. The van der Waals surface area contributed by atoms with Gasteiger partial charge in [-0.1, -0.05) is 18.2 Å². The molecule has 1 atom stereocenters. The number of likely N-dealkylation sites (N-methyl/N-ethyl adjacent to an activating group) is 1. The SMILES string of the molecule is CNC(COCC(F)(F)F)c1ccc2c(c1)CCC2. The van der Waals surface area contributed by atoms with Crippen molar-refractivity contribution in [2.24, 2.45) is 0 Å². The lowest BCUT2D eigenvalue weighted by Gasteiger charge is -2.18. The first kappa shape index (κ1) is 14.3. The summed E-state index contributed by atoms with van der Waals surface area (Å²) in [6, 6.07) is 5.93. The molecule has 0 fully saturated rings. The van der Waals surface area contributed by atoms with Gasteiger partial charge in [-0.05, 0) is 43.0 Å². The molecule has 0 radical (unpaired) electrons. The molecule has 19 heavy (non-hydrogen) atoms. The number of nitrogens with one attached hydrogen (secondary N) is 1. The van der Waals surface area contributed by atoms with E-state index in [1.165, 1.54) is 11.1 Å². The Bertz CT molecular complexity index is 431. The number of alkyl halides is 3. The molecule has 5 heteroatoms. The Morgan fingerprint density at radius 3 is 2.68 bits per heavy atom. The Labute approximate surface area is 111 Å². The van der Waals surface area contributed by atoms with Gasteiger partial charge in [0, 0.05) is 0 Å². The van der Waals surface area contributed by atoms with Crippen molar-refractivity contribution in [2.75, 3.05) is 20.3 Å². The first-order valence-electron chi connectivity index (χ1n) is 6.43. The molecule has 1 unspecified atom stereocenters. The average molecular weight is 273 g/mol. The summed E-state index contributed by atoms with van der Waals surface area (Å²) in [5, 5.41) is 3.00. The zero-order chi connectivity index (χ0) is 13.9. The van der Waals surface area contributed by atoms with E-state index >= 15 is 0 Å². The molecule has 0 aromatic heterocycles. The van der Waals surface area contributed by atoms with Gasteiger partial charge >= 0.3 is 6.18 Å². The molecule has 0 spiro atoms. The summed E-state index contributed by atoms with van der Waals surface area (Å²) in [6.07, 6.45) is -0.947. The van der Waals surface area contributed by atoms with Crippen LogP contribution < -0.4 is 5.32 Å². The fourth-order valence-corrected chi connectivity index (χ4v) is 2.45. The van der Waals surface area contributed by atoms with E-state index in [4.69, 9.17) is 4.74 Å². The lowest BCUT2D eigenvalue weighted by molar-refractivity contribution is -0.175. The summed E-state index contributed by atoms with van der Waals surface area (Å²) < 4.78 is 40.9. The van der Waals surface area contributed by atoms with Gasteiger partial charge in [0.2, 0.25) is 0 Å². The third kappa shape index (κ3) is 3.94. The fourth-order valence-electron chi connectivity index (χ4n) is 2.45. The maximum atomic E-state index is 12.0. The lowest BCUT2D eigenvalue weighted by Crippen LogP contribution is -2.25. The normalized spacial score (nSPS) is 16.4. The Morgan fingerprint density at radius 1 is 1.26 bits per heavy atom. The number of hydrogen-bond donors (Lipinski definition) is 1. The van der Waals surface area contributed by atoms with Crippen LogP contribution in [0.3, 0.4) is 0 Å². The van der Waals surface area contributed by atoms with Crippen molar-refractivity contribution in [3.05, 3.63) is 34.9 Å². The molecular formula is C14H18F3NO. The summed E-state index contributed by atoms with van der Waals surface area (Å²) in [5.41, 5.74) is 3.66. The molecule has 1 aromatic rings. The quantitative estimate of drug-likeness (QED) is 0.890. The number of benzene rings is 1. The number of halogens is 3. The van der Waals surface area contributed by atoms with Crippen LogP contribution in [0.4, 0.5) is 13.2 Å². The molecule has 2 rings (SSSR count). The van der Waals surface area contributed by atoms with E-state index < -0.39 is 12.8 Å². The van der Waals surface area contributed by atoms with Crippen LogP contribution in [0.25, 0.3) is 0 Å². The standard InChI is InChI=1S/C14H18F3NO/c1-18-13(8-19-9-14(15,16)17)12-6-5-10-3-2-4-11(10)7-12/h5-7,13,18H,2-4,8-9H2,1H3. The van der Waals surface area contributed by atoms with Crippen molar-refractivity contribution in [1.82, 2.24) is 5.32 Å². The number of ether oxygens (including phenoxy) is 1. The minimum Gasteiger partial charge on any atom is -0.370 e. The minimum atomic E-state index is -4.27. The van der Waals surface area contributed by atoms with Crippen LogP contribution in [0.15, 0.2) is 18.2 Å². The minimum absolute atomic E-state index is 0.0226. The molecule has 2 nitrogen and oxygen atoms in total. The molecule has 0 saturated carbocycles. The van der Waals surface area contributed by atoms with Crippen molar-refractivity contribution in [3.63, 3.8) is 0 Å². The van der Waals surface area contributed by atoms with Gasteiger partial charge < -0.3 is 10.1 Å². The van der Waals surface area contributed by atoms with E-state index in [9.17, 15) is 13.2 Å². The van der Waals surface area contributed by atoms with Crippen LogP contribution in [-0.2, 0) is 17.6 Å². The van der Waals surface area contributed by atoms with Gasteiger partial charge in [0.05, 0.1) is 12.6 Å². The molecule has 1 aromatic carbocycles. The van der Waals surface area contributed by atoms with Crippen LogP contribution >= 0.6 is 0 Å². The van der Waals surface area contributed by atoms with Crippen LogP contribution in [0.2, 0.25) is 0 Å². The number of rotatable bonds is 5. The molecule has 0 bridgehead atoms. The average Bonchev–Trinajstić information content (AvgIpc) is 2.80. The maximum absolute atomic E-state index is 12.0. The highest BCUT2D eigenvalue weighted by Crippen LogP contribution is 2.26. The van der Waals surface area contributed by atoms with Gasteiger partial charge in [0.15, 0.2) is 0 Å². The second kappa shape index (κ2) is 5.92. The molecule has 1 aliphatic rings. The summed E-state index contributed by atoms with van der Waals surface area (Å²) in [7, 11) is 1.73. The largest absolute Gasteiger partial charge is 0.411 e. The Morgan fingerprint density at radius 2 is 2.00 bits per heavy atom. The first-order valence-corrected chi connectivity index (χ1v) is 6.43. The maximum Gasteiger partial charge on any atom is 0.411 e. The number of fused-ring (bicyclic) bond motifs is 1. The lowest BCUT2D eigenvalue weighted by atomic mass is 10.0. The predicted octanol–water partition coefficient (Wildman–Crippen LogP) is 3.01. The molecule has 0 saturated heterocycles. The highest BCUT2D eigenvalue weighted by atomic mass is 19.4. The van der Waals surface area contributed by atoms with Crippen LogP contribution in [0.1, 0.15) is 29.2 Å². The third-order valence-corrected chi connectivity index (χ3v) is 3.42. The summed E-state index contributed by atoms with van der Waals surface area (Å²) in [6.45, 7) is -1.18. The summed E-state index contributed by atoms with van der Waals surface area (Å²) >= 11 is 0. The van der Waals surface area contributed by atoms with Crippen molar-refractivity contribution in [3.8, 4) is 0 Å². The molecule has 0 amide bonds. The molecule has 106 valence electrons. The van der Waals surface area contributed by atoms with E-state index in [1.807, 2.05) is 6.07 Å². The molecule has 0 heterocycles. The van der Waals surface area contributed by atoms with Crippen molar-refractivity contribution in [2.45, 2.75) is 31.5 Å². The Hall–Kier alpha value is -1.07. The van der Waals surface area contributed by atoms with E-state index in [0.29, 0.717) is 0 Å². The second-order valence-electron chi connectivity index (χ2n) is 4.85. The van der Waals surface area contributed by atoms with Gasteiger partial charge in [-0.3, -0.25) is 0 Å². The zero-order valence-corrected chi connectivity index (χ0v) is 10.9. The van der Waals surface area contributed by atoms with E-state index in [1.54, 1.807) is 7.05 Å². The topological polar surface area (TPSA) is 21.3 Å². The van der Waals surface area contributed by atoms with E-state index in [0.717, 1.165) is 24.8 Å². The van der Waals surface area contributed by atoms with Gasteiger partial charge in [-0.2, -0.15) is 13.2 Å². The number of hydrogen-bond acceptors (Lipinski definition) is 2. The van der Waals surface area contributed by atoms with E-state index in [-0.39, 0.29) is 12.6 Å². The Kier molecular flexibility index (Phi) is 4.47. The summed E-state index contributed by atoms with van der Waals surface area (Å²) in [4.78, 5) is 0. The van der Waals surface area contributed by atoms with Crippen LogP contribution in [-0.4, -0.2) is 26.4 Å². The smallest absolute Gasteiger partial charge is 0.370 e. The molecule has 1 N–H and O–H groups in total. The monoisotopic (exact) mass is 273 g/mol. The van der Waals surface area contributed by atoms with Gasteiger partial charge in [-0.25, -0.2) is 0 Å². The molecular weight excluding hydrogens is 255 g/mol.